The number of likely N-dealkylation sites (N-methyl/N-ethyl adjacent to an activating group) is 1. The maximum absolute atomic E-state index is 13.1. The van der Waals surface area contributed by atoms with Crippen molar-refractivity contribution in [1.82, 2.24) is 15.2 Å². The molecule has 0 fully saturated rings. The molecule has 0 spiro atoms. The zero-order valence-electron chi connectivity index (χ0n) is 14.4. The normalized spacial score (nSPS) is 10.5. The molecule has 0 radical (unpaired) electrons. The first-order valence-corrected chi connectivity index (χ1v) is 8.84. The van der Waals surface area contributed by atoms with Crippen LogP contribution in [-0.2, 0) is 17.8 Å². The number of nitrogens with one attached hydrogen (secondary N) is 2. The van der Waals surface area contributed by atoms with Gasteiger partial charge < -0.3 is 10.1 Å². The molecule has 0 saturated heterocycles. The number of aromatic nitrogens is 1. The van der Waals surface area contributed by atoms with Gasteiger partial charge in [-0.2, -0.15) is 0 Å². The maximum atomic E-state index is 13.1. The molecule has 0 aliphatic heterocycles. The summed E-state index contributed by atoms with van der Waals surface area (Å²) in [5.41, 5.74) is 1.59. The smallest absolute Gasteiger partial charge is 0.321 e. The van der Waals surface area contributed by atoms with E-state index in [9.17, 15) is 9.18 Å². The van der Waals surface area contributed by atoms with Crippen LogP contribution in [0.25, 0.3) is 0 Å². The number of methoxy groups -OCH3 is 1. The number of urea groups is 1. The molecular formula is C16H21Cl2FN4O2S. The third-order valence-corrected chi connectivity index (χ3v) is 4.41. The van der Waals surface area contributed by atoms with Crippen LogP contribution < -0.4 is 10.6 Å². The topological polar surface area (TPSA) is 66.5 Å². The molecule has 1 aromatic carbocycles. The minimum absolute atomic E-state index is 0. The molecule has 0 aliphatic carbocycles. The molecule has 2 amide bonds. The standard InChI is InChI=1S/C16H20ClFN4O2S.ClH/c1-22(5-6-24-2)9-12-10-25-16(20-12)21-15(23)19-8-11-3-4-14(18)13(17)7-11;/h3-4,7,10H,5-6,8-9H2,1-2H3,(H2,19,20,21,23);1H. The monoisotopic (exact) mass is 422 g/mol. The zero-order chi connectivity index (χ0) is 18.2. The first-order chi connectivity index (χ1) is 12.0. The molecule has 2 N–H and O–H groups in total. The number of hydrogen-bond donors (Lipinski definition) is 2. The number of rotatable bonds is 8. The van der Waals surface area contributed by atoms with Gasteiger partial charge in [0.15, 0.2) is 5.13 Å². The summed E-state index contributed by atoms with van der Waals surface area (Å²) in [6.07, 6.45) is 0. The number of thiazole rings is 1. The van der Waals surface area contributed by atoms with Gasteiger partial charge in [0.05, 0.1) is 17.3 Å². The molecule has 0 bridgehead atoms. The van der Waals surface area contributed by atoms with E-state index < -0.39 is 5.82 Å². The molecule has 2 aromatic rings. The third kappa shape index (κ3) is 7.43. The fraction of sp³-hybridized carbons (Fsp3) is 0.375. The number of benzene rings is 1. The molecular weight excluding hydrogens is 402 g/mol. The van der Waals surface area contributed by atoms with Crippen LogP contribution in [0, 0.1) is 5.82 Å². The number of carbonyl (C=O) groups excluding carboxylic acids is 1. The average Bonchev–Trinajstić information content (AvgIpc) is 3.00. The van der Waals surface area contributed by atoms with E-state index in [0.717, 1.165) is 12.2 Å². The predicted octanol–water partition coefficient (Wildman–Crippen LogP) is 3.76. The van der Waals surface area contributed by atoms with E-state index in [0.29, 0.717) is 23.8 Å². The van der Waals surface area contributed by atoms with Gasteiger partial charge >= 0.3 is 6.03 Å². The highest BCUT2D eigenvalue weighted by atomic mass is 35.5. The van der Waals surface area contributed by atoms with Crippen LogP contribution in [0.1, 0.15) is 11.3 Å². The third-order valence-electron chi connectivity index (χ3n) is 3.32. The Morgan fingerprint density at radius 2 is 2.23 bits per heavy atom. The van der Waals surface area contributed by atoms with Gasteiger partial charge in [0.25, 0.3) is 0 Å². The number of anilines is 1. The van der Waals surface area contributed by atoms with Crippen molar-refractivity contribution < 1.29 is 13.9 Å². The van der Waals surface area contributed by atoms with Crippen LogP contribution >= 0.6 is 35.3 Å². The quantitative estimate of drug-likeness (QED) is 0.679. The Kier molecular flexibility index (Phi) is 9.82. The van der Waals surface area contributed by atoms with Crippen molar-refractivity contribution in [2.24, 2.45) is 0 Å². The number of nitrogens with zero attached hydrogens (tertiary/aromatic N) is 2. The molecule has 1 aromatic heterocycles. The Hall–Kier alpha value is -1.45. The van der Waals surface area contributed by atoms with Crippen molar-refractivity contribution in [2.45, 2.75) is 13.1 Å². The molecule has 144 valence electrons. The Balaban J connectivity index is 0.00000338. The van der Waals surface area contributed by atoms with Gasteiger partial charge in [-0.1, -0.05) is 17.7 Å². The minimum atomic E-state index is -0.486. The van der Waals surface area contributed by atoms with E-state index in [4.69, 9.17) is 16.3 Å². The minimum Gasteiger partial charge on any atom is -0.383 e. The van der Waals surface area contributed by atoms with E-state index in [1.54, 1.807) is 13.2 Å². The summed E-state index contributed by atoms with van der Waals surface area (Å²) in [7, 11) is 3.64. The van der Waals surface area contributed by atoms with Gasteiger partial charge in [-0.25, -0.2) is 14.2 Å². The number of ether oxygens (including phenoxy) is 1. The van der Waals surface area contributed by atoms with Crippen molar-refractivity contribution >= 4 is 46.5 Å². The van der Waals surface area contributed by atoms with Crippen LogP contribution in [0.4, 0.5) is 14.3 Å². The largest absolute Gasteiger partial charge is 0.383 e. The highest BCUT2D eigenvalue weighted by molar-refractivity contribution is 7.13. The highest BCUT2D eigenvalue weighted by Crippen LogP contribution is 2.17. The fourth-order valence-electron chi connectivity index (χ4n) is 2.01. The van der Waals surface area contributed by atoms with Gasteiger partial charge in [-0.3, -0.25) is 10.2 Å². The van der Waals surface area contributed by atoms with Crippen molar-refractivity contribution in [2.75, 3.05) is 32.6 Å². The van der Waals surface area contributed by atoms with Crippen LogP contribution in [0.3, 0.4) is 0 Å². The molecule has 0 atom stereocenters. The van der Waals surface area contributed by atoms with Gasteiger partial charge in [0.1, 0.15) is 5.82 Å². The average molecular weight is 423 g/mol. The summed E-state index contributed by atoms with van der Waals surface area (Å²) in [5, 5.41) is 7.81. The summed E-state index contributed by atoms with van der Waals surface area (Å²) in [6.45, 7) is 2.38. The first kappa shape index (κ1) is 22.6. The van der Waals surface area contributed by atoms with Crippen molar-refractivity contribution in [3.63, 3.8) is 0 Å². The van der Waals surface area contributed by atoms with Crippen LogP contribution in [0.15, 0.2) is 23.6 Å². The summed E-state index contributed by atoms with van der Waals surface area (Å²) in [5.74, 6) is -0.486. The van der Waals surface area contributed by atoms with Crippen LogP contribution in [0.5, 0.6) is 0 Å². The fourth-order valence-corrected chi connectivity index (χ4v) is 2.91. The maximum Gasteiger partial charge on any atom is 0.321 e. The first-order valence-electron chi connectivity index (χ1n) is 7.58. The number of halogens is 3. The molecule has 6 nitrogen and oxygen atoms in total. The molecule has 1 heterocycles. The van der Waals surface area contributed by atoms with E-state index in [1.807, 2.05) is 12.4 Å². The van der Waals surface area contributed by atoms with Gasteiger partial charge in [-0.05, 0) is 24.7 Å². The Morgan fingerprint density at radius 3 is 2.92 bits per heavy atom. The lowest BCUT2D eigenvalue weighted by Crippen LogP contribution is -2.28. The molecule has 10 heteroatoms. The lowest BCUT2D eigenvalue weighted by Gasteiger charge is -2.13. The van der Waals surface area contributed by atoms with Gasteiger partial charge in [-0.15, -0.1) is 23.7 Å². The lowest BCUT2D eigenvalue weighted by atomic mass is 10.2. The molecule has 0 aliphatic rings. The molecule has 0 unspecified atom stereocenters. The molecule has 0 saturated carbocycles. The van der Waals surface area contributed by atoms with Crippen molar-refractivity contribution in [3.05, 3.63) is 45.7 Å². The van der Waals surface area contributed by atoms with E-state index in [1.165, 1.54) is 23.5 Å². The summed E-state index contributed by atoms with van der Waals surface area (Å²) in [4.78, 5) is 18.4. The molecule has 2 rings (SSSR count). The van der Waals surface area contributed by atoms with Crippen molar-refractivity contribution in [1.29, 1.82) is 0 Å². The van der Waals surface area contributed by atoms with E-state index in [-0.39, 0.29) is 30.0 Å². The summed E-state index contributed by atoms with van der Waals surface area (Å²) in [6, 6.07) is 3.94. The van der Waals surface area contributed by atoms with E-state index >= 15 is 0 Å². The second-order valence-corrected chi connectivity index (χ2v) is 6.70. The second kappa shape index (κ2) is 11.3. The summed E-state index contributed by atoms with van der Waals surface area (Å²) < 4.78 is 18.1. The lowest BCUT2D eigenvalue weighted by molar-refractivity contribution is 0.158. The Bertz CT molecular complexity index is 717. The predicted molar refractivity (Wildman–Crippen MR) is 105 cm³/mol. The zero-order valence-corrected chi connectivity index (χ0v) is 16.8. The van der Waals surface area contributed by atoms with Crippen molar-refractivity contribution in [3.8, 4) is 0 Å². The number of carbonyl (C=O) groups is 1. The number of amides is 2. The van der Waals surface area contributed by atoms with Crippen LogP contribution in [0.2, 0.25) is 5.02 Å². The number of hydrogen-bond acceptors (Lipinski definition) is 5. The molecule has 26 heavy (non-hydrogen) atoms. The van der Waals surface area contributed by atoms with E-state index in [2.05, 4.69) is 20.5 Å². The highest BCUT2D eigenvalue weighted by Gasteiger charge is 2.09. The Labute approximate surface area is 167 Å². The van der Waals surface area contributed by atoms with Crippen LogP contribution in [-0.4, -0.2) is 43.2 Å². The van der Waals surface area contributed by atoms with Gasteiger partial charge in [0.2, 0.25) is 0 Å². The second-order valence-electron chi connectivity index (χ2n) is 5.43. The summed E-state index contributed by atoms with van der Waals surface area (Å²) >= 11 is 7.07. The SMILES string of the molecule is COCCN(C)Cc1csc(NC(=O)NCc2ccc(F)c(Cl)c2)n1.Cl. The Morgan fingerprint density at radius 1 is 1.46 bits per heavy atom. The van der Waals surface area contributed by atoms with Gasteiger partial charge in [0, 0.05) is 32.1 Å².